The first-order valence-corrected chi connectivity index (χ1v) is 6.32. The second-order valence-electron chi connectivity index (χ2n) is 3.93. The van der Waals surface area contributed by atoms with Gasteiger partial charge in [0.05, 0.1) is 18.4 Å². The van der Waals surface area contributed by atoms with E-state index in [9.17, 15) is 9.59 Å². The third-order valence-corrected chi connectivity index (χ3v) is 3.71. The lowest BCUT2D eigenvalue weighted by Gasteiger charge is -2.15. The molecule has 0 spiro atoms. The smallest absolute Gasteiger partial charge is 0.266 e. The van der Waals surface area contributed by atoms with E-state index in [4.69, 9.17) is 5.73 Å². The number of fused-ring (bicyclic) bond motifs is 1. The third-order valence-electron chi connectivity index (χ3n) is 2.62. The Hall–Kier alpha value is -2.22. The number of nitrogens with one attached hydrogen (secondary N) is 1. The van der Waals surface area contributed by atoms with E-state index in [-0.39, 0.29) is 18.4 Å². The Bertz CT molecular complexity index is 639. The van der Waals surface area contributed by atoms with Gasteiger partial charge in [0.25, 0.3) is 5.91 Å². The molecular formula is C11H13N5O2S. The van der Waals surface area contributed by atoms with E-state index in [2.05, 4.69) is 15.5 Å². The molecule has 0 aliphatic carbocycles. The zero-order valence-corrected chi connectivity index (χ0v) is 11.3. The van der Waals surface area contributed by atoms with Crippen molar-refractivity contribution in [3.8, 4) is 0 Å². The van der Waals surface area contributed by atoms with Crippen LogP contribution in [0.2, 0.25) is 0 Å². The first-order valence-electron chi connectivity index (χ1n) is 5.50. The van der Waals surface area contributed by atoms with Crippen LogP contribution in [0.3, 0.4) is 0 Å². The predicted molar refractivity (Wildman–Crippen MR) is 72.9 cm³/mol. The van der Waals surface area contributed by atoms with Crippen LogP contribution < -0.4 is 11.1 Å². The number of thiophene rings is 1. The van der Waals surface area contributed by atoms with Crippen molar-refractivity contribution in [2.45, 2.75) is 0 Å². The van der Waals surface area contributed by atoms with Gasteiger partial charge in [-0.1, -0.05) is 0 Å². The van der Waals surface area contributed by atoms with Crippen molar-refractivity contribution in [2.75, 3.05) is 26.4 Å². The van der Waals surface area contributed by atoms with E-state index in [0.29, 0.717) is 20.8 Å². The van der Waals surface area contributed by atoms with Gasteiger partial charge in [-0.3, -0.25) is 9.59 Å². The van der Waals surface area contributed by atoms with E-state index in [1.54, 1.807) is 13.1 Å². The molecule has 8 heteroatoms. The minimum absolute atomic E-state index is 0.0191. The molecule has 3 N–H and O–H groups in total. The molecule has 0 aliphatic rings. The van der Waals surface area contributed by atoms with Crippen molar-refractivity contribution in [3.05, 3.63) is 17.1 Å². The quantitative estimate of drug-likeness (QED) is 0.829. The zero-order chi connectivity index (χ0) is 14.0. The Morgan fingerprint density at radius 2 is 2.26 bits per heavy atom. The first kappa shape index (κ1) is 13.2. The third kappa shape index (κ3) is 2.48. The fraction of sp³-hybridized carbons (Fsp3) is 0.273. The summed E-state index contributed by atoms with van der Waals surface area (Å²) >= 11 is 1.17. The average molecular weight is 279 g/mol. The molecule has 0 fully saturated rings. The van der Waals surface area contributed by atoms with Crippen molar-refractivity contribution < 1.29 is 9.59 Å². The van der Waals surface area contributed by atoms with Crippen molar-refractivity contribution in [3.63, 3.8) is 0 Å². The lowest BCUT2D eigenvalue weighted by atomic mass is 10.2. The summed E-state index contributed by atoms with van der Waals surface area (Å²) in [6, 6.07) is 1.71. The van der Waals surface area contributed by atoms with Gasteiger partial charge < -0.3 is 16.0 Å². The number of carbonyl (C=O) groups excluding carboxylic acids is 2. The number of hydrogen-bond acceptors (Lipinski definition) is 6. The van der Waals surface area contributed by atoms with Gasteiger partial charge in [0.15, 0.2) is 0 Å². The largest absolute Gasteiger partial charge is 0.397 e. The van der Waals surface area contributed by atoms with E-state index in [1.165, 1.54) is 29.5 Å². The normalized spacial score (nSPS) is 10.4. The molecular weight excluding hydrogens is 266 g/mol. The van der Waals surface area contributed by atoms with E-state index in [1.807, 2.05) is 0 Å². The number of nitrogens with two attached hydrogens (primary N) is 1. The molecule has 0 saturated carbocycles. The van der Waals surface area contributed by atoms with E-state index in [0.717, 1.165) is 0 Å². The maximum atomic E-state index is 12.2. The minimum atomic E-state index is -0.302. The molecule has 0 aromatic carbocycles. The van der Waals surface area contributed by atoms with Gasteiger partial charge in [0.2, 0.25) is 5.91 Å². The maximum absolute atomic E-state index is 12.2. The second-order valence-corrected chi connectivity index (χ2v) is 4.93. The van der Waals surface area contributed by atoms with Gasteiger partial charge in [-0.25, -0.2) is 0 Å². The van der Waals surface area contributed by atoms with Gasteiger partial charge in [0.1, 0.15) is 9.71 Å². The number of nitrogens with zero attached hydrogens (tertiary/aromatic N) is 3. The van der Waals surface area contributed by atoms with E-state index < -0.39 is 0 Å². The molecule has 2 aromatic heterocycles. The van der Waals surface area contributed by atoms with Crippen LogP contribution >= 0.6 is 11.3 Å². The number of nitrogen functional groups attached to an aromatic ring is 1. The molecule has 2 rings (SSSR count). The average Bonchev–Trinajstić information content (AvgIpc) is 2.75. The van der Waals surface area contributed by atoms with E-state index >= 15 is 0 Å². The lowest BCUT2D eigenvalue weighted by molar-refractivity contribution is -0.121. The minimum Gasteiger partial charge on any atom is -0.397 e. The molecule has 2 amide bonds. The second kappa shape index (κ2) is 5.19. The fourth-order valence-electron chi connectivity index (χ4n) is 1.57. The molecule has 7 nitrogen and oxygen atoms in total. The molecule has 100 valence electrons. The number of carbonyl (C=O) groups is 2. The molecule has 2 aromatic rings. The highest BCUT2D eigenvalue weighted by atomic mass is 32.1. The Kier molecular flexibility index (Phi) is 3.61. The fourth-order valence-corrected chi connectivity index (χ4v) is 2.60. The van der Waals surface area contributed by atoms with Gasteiger partial charge in [-0.15, -0.1) is 16.4 Å². The predicted octanol–water partition coefficient (Wildman–Crippen LogP) is 0.0915. The van der Waals surface area contributed by atoms with Crippen LogP contribution in [0.4, 0.5) is 5.69 Å². The number of amides is 2. The van der Waals surface area contributed by atoms with Gasteiger partial charge in [-0.2, -0.15) is 5.10 Å². The molecule has 0 radical (unpaired) electrons. The summed E-state index contributed by atoms with van der Waals surface area (Å²) in [6.07, 6.45) is 1.52. The van der Waals surface area contributed by atoms with Crippen LogP contribution in [-0.2, 0) is 4.79 Å². The number of hydrogen-bond donors (Lipinski definition) is 2. The SMILES string of the molecule is CNC(=O)CN(C)C(=O)c1sc2nnccc2c1N. The molecule has 0 unspecified atom stereocenters. The summed E-state index contributed by atoms with van der Waals surface area (Å²) in [5.41, 5.74) is 6.31. The Labute approximate surface area is 113 Å². The van der Waals surface area contributed by atoms with Crippen LogP contribution in [0.5, 0.6) is 0 Å². The number of rotatable bonds is 3. The van der Waals surface area contributed by atoms with Crippen LogP contribution in [0.1, 0.15) is 9.67 Å². The Morgan fingerprint density at radius 3 is 2.89 bits per heavy atom. The van der Waals surface area contributed by atoms with Crippen LogP contribution in [-0.4, -0.2) is 47.6 Å². The van der Waals surface area contributed by atoms with Crippen molar-refractivity contribution in [2.24, 2.45) is 0 Å². The molecule has 0 aliphatic heterocycles. The molecule has 0 saturated heterocycles. The summed E-state index contributed by atoms with van der Waals surface area (Å²) in [4.78, 5) is 25.8. The summed E-state index contributed by atoms with van der Waals surface area (Å²) in [7, 11) is 3.07. The topological polar surface area (TPSA) is 101 Å². The standard InChI is InChI=1S/C11H13N5O2S/c1-13-7(17)5-16(2)11(18)9-8(12)6-3-4-14-15-10(6)19-9/h3-4H,5,12H2,1-2H3,(H,13,17). The van der Waals surface area contributed by atoms with Gasteiger partial charge >= 0.3 is 0 Å². The molecule has 0 bridgehead atoms. The highest BCUT2D eigenvalue weighted by Crippen LogP contribution is 2.32. The van der Waals surface area contributed by atoms with Gasteiger partial charge in [0, 0.05) is 19.5 Å². The Balaban J connectivity index is 2.31. The Morgan fingerprint density at radius 1 is 1.53 bits per heavy atom. The van der Waals surface area contributed by atoms with Crippen molar-refractivity contribution in [1.29, 1.82) is 0 Å². The van der Waals surface area contributed by atoms with Crippen LogP contribution in [0.15, 0.2) is 12.3 Å². The highest BCUT2D eigenvalue weighted by molar-refractivity contribution is 7.21. The zero-order valence-electron chi connectivity index (χ0n) is 10.5. The number of likely N-dealkylation sites (N-methyl/N-ethyl adjacent to an activating group) is 2. The summed E-state index contributed by atoms with van der Waals surface area (Å²) in [5.74, 6) is -0.542. The summed E-state index contributed by atoms with van der Waals surface area (Å²) in [5, 5.41) is 10.8. The molecule has 2 heterocycles. The van der Waals surface area contributed by atoms with Crippen LogP contribution in [0, 0.1) is 0 Å². The van der Waals surface area contributed by atoms with Crippen LogP contribution in [0.25, 0.3) is 10.2 Å². The molecule has 19 heavy (non-hydrogen) atoms. The molecule has 0 atom stereocenters. The highest BCUT2D eigenvalue weighted by Gasteiger charge is 2.21. The summed E-state index contributed by atoms with van der Waals surface area (Å²) in [6.45, 7) is -0.0191. The summed E-state index contributed by atoms with van der Waals surface area (Å²) < 4.78 is 0. The van der Waals surface area contributed by atoms with Gasteiger partial charge in [-0.05, 0) is 6.07 Å². The number of aromatic nitrogens is 2. The first-order chi connectivity index (χ1) is 9.04. The monoisotopic (exact) mass is 279 g/mol. The maximum Gasteiger partial charge on any atom is 0.266 e. The lowest BCUT2D eigenvalue weighted by Crippen LogP contribution is -2.36. The van der Waals surface area contributed by atoms with Crippen molar-refractivity contribution in [1.82, 2.24) is 20.4 Å². The number of anilines is 1. The van der Waals surface area contributed by atoms with Crippen molar-refractivity contribution >= 4 is 39.1 Å².